The van der Waals surface area contributed by atoms with Gasteiger partial charge in [0, 0.05) is 22.6 Å². The minimum Gasteiger partial charge on any atom is -0.508 e. The number of rotatable bonds is 1. The molecule has 0 bridgehead atoms. The van der Waals surface area contributed by atoms with E-state index in [1.54, 1.807) is 6.07 Å². The summed E-state index contributed by atoms with van der Waals surface area (Å²) >= 11 is 5.92. The highest BCUT2D eigenvalue weighted by atomic mass is 35.5. The second-order valence-electron chi connectivity index (χ2n) is 3.11. The first-order valence-corrected chi connectivity index (χ1v) is 4.57. The molecule has 0 saturated heterocycles. The van der Waals surface area contributed by atoms with Crippen molar-refractivity contribution in [2.75, 3.05) is 6.54 Å². The fraction of sp³-hybridized carbons (Fsp3) is 0.250. The Balaban J connectivity index is 2.60. The van der Waals surface area contributed by atoms with E-state index < -0.39 is 13.2 Å². The molecule has 1 aliphatic rings. The summed E-state index contributed by atoms with van der Waals surface area (Å²) in [7, 11) is -1.14. The lowest BCUT2D eigenvalue weighted by atomic mass is 9.78. The van der Waals surface area contributed by atoms with Crippen molar-refractivity contribution in [1.29, 1.82) is 0 Å². The van der Waals surface area contributed by atoms with Crippen LogP contribution in [0.4, 0.5) is 0 Å². The Hall–Kier alpha value is -0.745. The first-order valence-electron chi connectivity index (χ1n) is 4.20. The Morgan fingerprint density at radius 3 is 2.93 bits per heavy atom. The van der Waals surface area contributed by atoms with E-state index in [4.69, 9.17) is 22.0 Å². The number of benzene rings is 1. The molecule has 0 saturated carbocycles. The van der Waals surface area contributed by atoms with Gasteiger partial charge in [0.05, 0.1) is 6.10 Å². The van der Waals surface area contributed by atoms with Gasteiger partial charge in [0.15, 0.2) is 0 Å². The van der Waals surface area contributed by atoms with Gasteiger partial charge in [0.2, 0.25) is 0 Å². The Morgan fingerprint density at radius 1 is 1.57 bits per heavy atom. The highest BCUT2D eigenvalue weighted by Crippen LogP contribution is 2.32. The van der Waals surface area contributed by atoms with E-state index in [1.807, 2.05) is 0 Å². The molecule has 0 aliphatic carbocycles. The molecule has 1 unspecified atom stereocenters. The molecular formula is C8H9BClNO3. The monoisotopic (exact) mass is 213 g/mol. The molecule has 4 nitrogen and oxygen atoms in total. The third kappa shape index (κ3) is 1.29. The van der Waals surface area contributed by atoms with Gasteiger partial charge in [0.1, 0.15) is 5.75 Å². The number of halogens is 1. The number of phenolic OH excluding ortho intramolecular Hbond substituents is 1. The van der Waals surface area contributed by atoms with Gasteiger partial charge in [-0.1, -0.05) is 11.6 Å². The van der Waals surface area contributed by atoms with Gasteiger partial charge in [-0.25, -0.2) is 0 Å². The van der Waals surface area contributed by atoms with Gasteiger partial charge in [-0.2, -0.15) is 0 Å². The highest BCUT2D eigenvalue weighted by Gasteiger charge is 2.38. The summed E-state index contributed by atoms with van der Waals surface area (Å²) < 4.78 is 5.13. The normalized spacial score (nSPS) is 19.9. The van der Waals surface area contributed by atoms with E-state index in [9.17, 15) is 10.1 Å². The van der Waals surface area contributed by atoms with Crippen LogP contribution in [0.5, 0.6) is 5.75 Å². The van der Waals surface area contributed by atoms with Crippen LogP contribution in [0.3, 0.4) is 0 Å². The fourth-order valence-corrected chi connectivity index (χ4v) is 1.94. The quantitative estimate of drug-likeness (QED) is 0.563. The molecule has 1 aromatic carbocycles. The SMILES string of the molecule is NCC1OB(O)c2c(O)ccc(Cl)c21. The van der Waals surface area contributed by atoms with Gasteiger partial charge in [-0.3, -0.25) is 0 Å². The Kier molecular flexibility index (Phi) is 2.40. The number of hydrogen-bond acceptors (Lipinski definition) is 4. The van der Waals surface area contributed by atoms with E-state index in [2.05, 4.69) is 0 Å². The molecule has 1 aromatic rings. The smallest absolute Gasteiger partial charge is 0.495 e. The van der Waals surface area contributed by atoms with Crippen LogP contribution in [0.15, 0.2) is 12.1 Å². The van der Waals surface area contributed by atoms with Crippen LogP contribution in [-0.2, 0) is 4.65 Å². The minimum absolute atomic E-state index is 0.0205. The summed E-state index contributed by atoms with van der Waals surface area (Å²) in [6, 6.07) is 2.98. The first-order chi connectivity index (χ1) is 6.65. The predicted molar refractivity (Wildman–Crippen MR) is 53.6 cm³/mol. The largest absolute Gasteiger partial charge is 0.508 e. The van der Waals surface area contributed by atoms with Crippen molar-refractivity contribution in [3.63, 3.8) is 0 Å². The summed E-state index contributed by atoms with van der Waals surface area (Å²) in [5.74, 6) is -0.0205. The third-order valence-corrected chi connectivity index (χ3v) is 2.62. The zero-order chi connectivity index (χ0) is 10.3. The minimum atomic E-state index is -1.14. The maximum absolute atomic E-state index is 9.50. The maximum Gasteiger partial charge on any atom is 0.495 e. The molecule has 2 rings (SSSR count). The lowest BCUT2D eigenvalue weighted by molar-refractivity contribution is 0.198. The van der Waals surface area contributed by atoms with Gasteiger partial charge in [-0.15, -0.1) is 0 Å². The Bertz CT molecular complexity index is 374. The topological polar surface area (TPSA) is 75.7 Å². The van der Waals surface area contributed by atoms with Crippen molar-refractivity contribution in [2.24, 2.45) is 5.73 Å². The molecule has 74 valence electrons. The number of aromatic hydroxyl groups is 1. The van der Waals surface area contributed by atoms with Crippen molar-refractivity contribution in [3.05, 3.63) is 22.7 Å². The van der Waals surface area contributed by atoms with E-state index in [0.29, 0.717) is 16.0 Å². The van der Waals surface area contributed by atoms with Crippen LogP contribution in [0, 0.1) is 0 Å². The molecule has 0 fully saturated rings. The van der Waals surface area contributed by atoms with E-state index in [0.717, 1.165) is 0 Å². The number of nitrogens with two attached hydrogens (primary N) is 1. The lowest BCUT2D eigenvalue weighted by Crippen LogP contribution is -2.28. The molecule has 4 N–H and O–H groups in total. The first kappa shape index (κ1) is 9.80. The third-order valence-electron chi connectivity index (χ3n) is 2.29. The molecule has 1 heterocycles. The van der Waals surface area contributed by atoms with Gasteiger partial charge >= 0.3 is 7.12 Å². The number of fused-ring (bicyclic) bond motifs is 1. The van der Waals surface area contributed by atoms with Crippen molar-refractivity contribution >= 4 is 24.2 Å². The fourth-order valence-electron chi connectivity index (χ4n) is 1.65. The molecule has 6 heteroatoms. The van der Waals surface area contributed by atoms with Gasteiger partial charge in [-0.05, 0) is 12.1 Å². The molecule has 0 aromatic heterocycles. The van der Waals surface area contributed by atoms with Crippen LogP contribution in [-0.4, -0.2) is 23.8 Å². The zero-order valence-corrected chi connectivity index (χ0v) is 8.03. The summed E-state index contributed by atoms with van der Waals surface area (Å²) in [5.41, 5.74) is 6.37. The molecule has 1 atom stereocenters. The molecule has 0 spiro atoms. The summed E-state index contributed by atoms with van der Waals surface area (Å²) in [6.07, 6.45) is -0.445. The summed E-state index contributed by atoms with van der Waals surface area (Å²) in [6.45, 7) is 0.216. The van der Waals surface area contributed by atoms with Crippen LogP contribution < -0.4 is 11.2 Å². The Morgan fingerprint density at radius 2 is 2.29 bits per heavy atom. The van der Waals surface area contributed by atoms with Crippen LogP contribution in [0.25, 0.3) is 0 Å². The van der Waals surface area contributed by atoms with E-state index >= 15 is 0 Å². The Labute approximate surface area is 86.4 Å². The highest BCUT2D eigenvalue weighted by molar-refractivity contribution is 6.63. The molecule has 0 amide bonds. The average molecular weight is 213 g/mol. The maximum atomic E-state index is 9.50. The standard InChI is InChI=1S/C8H9BClNO3/c10-4-1-2-5(12)8-7(4)6(3-11)14-9(8)13/h1-2,6,12-13H,3,11H2. The average Bonchev–Trinajstić information content (AvgIpc) is 2.50. The molecule has 1 aliphatic heterocycles. The second kappa shape index (κ2) is 3.44. The van der Waals surface area contributed by atoms with Gasteiger partial charge < -0.3 is 20.5 Å². The van der Waals surface area contributed by atoms with Gasteiger partial charge in [0.25, 0.3) is 0 Å². The predicted octanol–water partition coefficient (Wildman–Crippen LogP) is -0.237. The van der Waals surface area contributed by atoms with Crippen LogP contribution in [0.2, 0.25) is 5.02 Å². The van der Waals surface area contributed by atoms with E-state index in [-0.39, 0.29) is 12.3 Å². The van der Waals surface area contributed by atoms with Crippen LogP contribution in [0.1, 0.15) is 11.7 Å². The molecule has 14 heavy (non-hydrogen) atoms. The van der Waals surface area contributed by atoms with Crippen molar-refractivity contribution in [1.82, 2.24) is 0 Å². The summed E-state index contributed by atoms with van der Waals surface area (Å²) in [5, 5.41) is 19.4. The second-order valence-corrected chi connectivity index (χ2v) is 3.51. The van der Waals surface area contributed by atoms with Crippen molar-refractivity contribution in [3.8, 4) is 5.75 Å². The molecular weight excluding hydrogens is 204 g/mol. The number of hydrogen-bond donors (Lipinski definition) is 3. The number of phenols is 1. The molecule has 0 radical (unpaired) electrons. The van der Waals surface area contributed by atoms with Crippen molar-refractivity contribution < 1.29 is 14.8 Å². The van der Waals surface area contributed by atoms with Crippen LogP contribution >= 0.6 is 11.6 Å². The zero-order valence-electron chi connectivity index (χ0n) is 7.27. The lowest BCUT2D eigenvalue weighted by Gasteiger charge is -2.10. The van der Waals surface area contributed by atoms with E-state index in [1.165, 1.54) is 6.07 Å². The summed E-state index contributed by atoms with van der Waals surface area (Å²) in [4.78, 5) is 0. The van der Waals surface area contributed by atoms with Crippen molar-refractivity contribution in [2.45, 2.75) is 6.10 Å².